The molecule has 0 aliphatic rings. The number of aromatic nitrogens is 6. The number of H-pyrrole nitrogens is 1. The molecule has 0 fully saturated rings. The number of rotatable bonds is 8. The highest BCUT2D eigenvalue weighted by molar-refractivity contribution is 5.77. The lowest BCUT2D eigenvalue weighted by molar-refractivity contribution is 0.397. The Bertz CT molecular complexity index is 1440. The number of nitrogens with one attached hydrogen (secondary N) is 2. The van der Waals surface area contributed by atoms with Crippen LogP contribution in [0.5, 0.6) is 11.5 Å². The van der Waals surface area contributed by atoms with Gasteiger partial charge in [-0.3, -0.25) is 4.98 Å². The van der Waals surface area contributed by atoms with Crippen molar-refractivity contribution in [3.63, 3.8) is 0 Å². The monoisotopic (exact) mass is 455 g/mol. The van der Waals surface area contributed by atoms with Crippen LogP contribution >= 0.6 is 0 Å². The zero-order valence-corrected chi connectivity index (χ0v) is 19.2. The zero-order valence-electron chi connectivity index (χ0n) is 19.2. The number of pyridine rings is 2. The molecule has 0 atom stereocenters. The van der Waals surface area contributed by atoms with Crippen LogP contribution in [0.2, 0.25) is 0 Å². The third kappa shape index (κ3) is 4.33. The molecule has 0 saturated heterocycles. The number of imidazole rings is 1. The Labute approximate surface area is 196 Å². The van der Waals surface area contributed by atoms with Gasteiger partial charge >= 0.3 is 0 Å². The lowest BCUT2D eigenvalue weighted by atomic mass is 10.1. The second kappa shape index (κ2) is 9.32. The maximum Gasteiger partial charge on any atom is 0.155 e. The fourth-order valence-electron chi connectivity index (χ4n) is 3.88. The number of hydrogen-bond donors (Lipinski definition) is 2. The molecule has 4 heterocycles. The molecule has 0 aliphatic heterocycles. The van der Waals surface area contributed by atoms with Crippen LogP contribution in [0.15, 0.2) is 61.1 Å². The van der Waals surface area contributed by atoms with Gasteiger partial charge in [0, 0.05) is 29.6 Å². The Kier molecular flexibility index (Phi) is 5.92. The van der Waals surface area contributed by atoms with E-state index >= 15 is 0 Å². The average molecular weight is 456 g/mol. The van der Waals surface area contributed by atoms with Gasteiger partial charge in [0.15, 0.2) is 5.65 Å². The van der Waals surface area contributed by atoms with E-state index in [0.29, 0.717) is 13.1 Å². The number of hydrogen-bond acceptors (Lipinski definition) is 7. The first-order valence-electron chi connectivity index (χ1n) is 10.9. The van der Waals surface area contributed by atoms with Gasteiger partial charge in [0.25, 0.3) is 0 Å². The number of benzene rings is 1. The van der Waals surface area contributed by atoms with Gasteiger partial charge in [0.1, 0.15) is 29.3 Å². The van der Waals surface area contributed by atoms with Crippen LogP contribution in [0.4, 0.5) is 0 Å². The van der Waals surface area contributed by atoms with Crippen LogP contribution in [-0.2, 0) is 13.1 Å². The van der Waals surface area contributed by atoms with E-state index in [2.05, 4.69) is 20.4 Å². The Morgan fingerprint density at radius 1 is 1.00 bits per heavy atom. The summed E-state index contributed by atoms with van der Waals surface area (Å²) in [5.74, 6) is 2.39. The number of methoxy groups -OCH3 is 2. The Hall–Kier alpha value is -4.24. The summed E-state index contributed by atoms with van der Waals surface area (Å²) in [7, 11) is 3.32. The summed E-state index contributed by atoms with van der Waals surface area (Å²) < 4.78 is 12.6. The maximum atomic E-state index is 5.49. The summed E-state index contributed by atoms with van der Waals surface area (Å²) in [6, 6.07) is 15.6. The zero-order chi connectivity index (χ0) is 23.5. The molecular weight excluding hydrogens is 430 g/mol. The molecule has 34 heavy (non-hydrogen) atoms. The first-order valence-corrected chi connectivity index (χ1v) is 10.9. The molecule has 4 aromatic heterocycles. The van der Waals surface area contributed by atoms with Crippen molar-refractivity contribution < 1.29 is 9.47 Å². The molecule has 9 nitrogen and oxygen atoms in total. The number of aryl methyl sites for hydroxylation is 1. The minimum Gasteiger partial charge on any atom is -0.497 e. The molecule has 5 aromatic rings. The fraction of sp³-hybridized carbons (Fsp3) is 0.200. The molecule has 0 saturated carbocycles. The van der Waals surface area contributed by atoms with Crippen LogP contribution in [0.3, 0.4) is 0 Å². The van der Waals surface area contributed by atoms with Crippen molar-refractivity contribution in [2.24, 2.45) is 0 Å². The van der Waals surface area contributed by atoms with Gasteiger partial charge in [-0.05, 0) is 49.4 Å². The minimum atomic E-state index is 0.532. The van der Waals surface area contributed by atoms with Crippen LogP contribution in [-0.4, -0.2) is 43.8 Å². The molecule has 0 spiro atoms. The van der Waals surface area contributed by atoms with Gasteiger partial charge in [0.05, 0.1) is 32.2 Å². The van der Waals surface area contributed by atoms with Crippen molar-refractivity contribution in [3.05, 3.63) is 78.1 Å². The van der Waals surface area contributed by atoms with E-state index in [0.717, 1.165) is 56.9 Å². The minimum absolute atomic E-state index is 0.532. The van der Waals surface area contributed by atoms with Crippen LogP contribution < -0.4 is 14.8 Å². The quantitative estimate of drug-likeness (QED) is 0.367. The Morgan fingerprint density at radius 2 is 1.91 bits per heavy atom. The van der Waals surface area contributed by atoms with E-state index in [1.54, 1.807) is 18.7 Å². The van der Waals surface area contributed by atoms with Crippen molar-refractivity contribution in [1.29, 1.82) is 0 Å². The van der Waals surface area contributed by atoms with Crippen molar-refractivity contribution >= 4 is 5.65 Å². The smallest absolute Gasteiger partial charge is 0.155 e. The molecule has 0 radical (unpaired) electrons. The molecule has 172 valence electrons. The molecule has 0 bridgehead atoms. The second-order valence-electron chi connectivity index (χ2n) is 7.83. The Balaban J connectivity index is 1.45. The van der Waals surface area contributed by atoms with Crippen molar-refractivity contribution in [3.8, 4) is 34.1 Å². The van der Waals surface area contributed by atoms with E-state index in [9.17, 15) is 0 Å². The highest BCUT2D eigenvalue weighted by Crippen LogP contribution is 2.29. The van der Waals surface area contributed by atoms with E-state index in [1.807, 2.05) is 61.7 Å². The SMILES string of the molecule is COc1ccc(OC)c(CNCc2nc(-c3cccc(C)n3)c(-c3ccc4ncnn4c3)[nH]2)c1. The number of nitrogens with zero attached hydrogens (tertiary/aromatic N) is 5. The lowest BCUT2D eigenvalue weighted by Gasteiger charge is -2.11. The van der Waals surface area contributed by atoms with Gasteiger partial charge in [-0.15, -0.1) is 0 Å². The normalized spacial score (nSPS) is 11.1. The first kappa shape index (κ1) is 21.6. The topological polar surface area (TPSA) is 102 Å². The second-order valence-corrected chi connectivity index (χ2v) is 7.83. The van der Waals surface area contributed by atoms with E-state index in [4.69, 9.17) is 19.4 Å². The summed E-state index contributed by atoms with van der Waals surface area (Å²) in [5.41, 5.74) is 6.15. The maximum absolute atomic E-state index is 5.49. The highest BCUT2D eigenvalue weighted by Gasteiger charge is 2.16. The number of fused-ring (bicyclic) bond motifs is 1. The van der Waals surface area contributed by atoms with Gasteiger partial charge < -0.3 is 19.8 Å². The summed E-state index contributed by atoms with van der Waals surface area (Å²) in [5, 5.41) is 7.71. The molecule has 9 heteroatoms. The van der Waals surface area contributed by atoms with Gasteiger partial charge in [-0.25, -0.2) is 14.5 Å². The largest absolute Gasteiger partial charge is 0.497 e. The standard InChI is InChI=1S/C25H25N7O2/c1-16-5-4-6-20(29-16)25-24(17-7-10-23-27-15-28-32(23)14-17)30-22(31-25)13-26-12-18-11-19(33-2)8-9-21(18)34-3/h4-11,14-15,26H,12-13H2,1-3H3,(H,30,31). The van der Waals surface area contributed by atoms with Crippen molar-refractivity contribution in [2.75, 3.05) is 14.2 Å². The predicted octanol–water partition coefficient (Wildman–Crippen LogP) is 3.80. The van der Waals surface area contributed by atoms with Crippen LogP contribution in [0.1, 0.15) is 17.1 Å². The number of ether oxygens (including phenoxy) is 2. The number of aromatic amines is 1. The van der Waals surface area contributed by atoms with E-state index < -0.39 is 0 Å². The predicted molar refractivity (Wildman–Crippen MR) is 129 cm³/mol. The van der Waals surface area contributed by atoms with Crippen LogP contribution in [0.25, 0.3) is 28.3 Å². The summed E-state index contributed by atoms with van der Waals surface area (Å²) in [4.78, 5) is 17.3. The summed E-state index contributed by atoms with van der Waals surface area (Å²) >= 11 is 0. The van der Waals surface area contributed by atoms with Gasteiger partial charge in [-0.2, -0.15) is 5.10 Å². The summed E-state index contributed by atoms with van der Waals surface area (Å²) in [6.07, 6.45) is 3.48. The van der Waals surface area contributed by atoms with Crippen LogP contribution in [0, 0.1) is 6.92 Å². The lowest BCUT2D eigenvalue weighted by Crippen LogP contribution is -2.14. The van der Waals surface area contributed by atoms with E-state index in [-0.39, 0.29) is 0 Å². The van der Waals surface area contributed by atoms with Crippen molar-refractivity contribution in [1.82, 2.24) is 34.9 Å². The Morgan fingerprint density at radius 3 is 2.74 bits per heavy atom. The molecule has 2 N–H and O–H groups in total. The molecule has 0 aliphatic carbocycles. The molecule has 1 aromatic carbocycles. The van der Waals surface area contributed by atoms with Gasteiger partial charge in [-0.1, -0.05) is 6.07 Å². The fourth-order valence-corrected chi connectivity index (χ4v) is 3.88. The van der Waals surface area contributed by atoms with E-state index in [1.165, 1.54) is 6.33 Å². The first-order chi connectivity index (χ1) is 16.6. The highest BCUT2D eigenvalue weighted by atomic mass is 16.5. The molecule has 0 amide bonds. The third-order valence-electron chi connectivity index (χ3n) is 5.54. The van der Waals surface area contributed by atoms with Crippen molar-refractivity contribution in [2.45, 2.75) is 20.0 Å². The summed E-state index contributed by atoms with van der Waals surface area (Å²) in [6.45, 7) is 3.10. The molecule has 5 rings (SSSR count). The van der Waals surface area contributed by atoms with Gasteiger partial charge in [0.2, 0.25) is 0 Å². The average Bonchev–Trinajstić information content (AvgIpc) is 3.50. The third-order valence-corrected chi connectivity index (χ3v) is 5.54. The molecule has 0 unspecified atom stereocenters. The molecular formula is C25H25N7O2.